The van der Waals surface area contributed by atoms with E-state index in [0.717, 1.165) is 0 Å². The predicted octanol–water partition coefficient (Wildman–Crippen LogP) is 3.55. The van der Waals surface area contributed by atoms with E-state index in [2.05, 4.69) is 47.8 Å². The van der Waals surface area contributed by atoms with Crippen LogP contribution in [-0.2, 0) is 7.05 Å². The molecule has 0 unspecified atom stereocenters. The highest BCUT2D eigenvalue weighted by atomic mass is 14.9. The minimum absolute atomic E-state index is 1.21. The molecule has 2 heterocycles. The van der Waals surface area contributed by atoms with Gasteiger partial charge in [0, 0.05) is 30.7 Å². The maximum absolute atomic E-state index is 4.05. The Labute approximate surface area is 101 Å². The van der Waals surface area contributed by atoms with Crippen LogP contribution in [0.3, 0.4) is 0 Å². The van der Waals surface area contributed by atoms with Gasteiger partial charge in [-0.1, -0.05) is 12.1 Å². The molecule has 0 aliphatic carbocycles. The smallest absolute Gasteiger partial charge is 0.0486 e. The summed E-state index contributed by atoms with van der Waals surface area (Å²) in [4.78, 5) is 4.05. The van der Waals surface area contributed by atoms with Gasteiger partial charge in [-0.2, -0.15) is 0 Å². The maximum Gasteiger partial charge on any atom is 0.0486 e. The first kappa shape index (κ1) is 10.1. The first-order valence-corrected chi connectivity index (χ1v) is 5.72. The number of nitrogens with zero attached hydrogens (tertiary/aromatic N) is 2. The maximum atomic E-state index is 4.05. The summed E-state index contributed by atoms with van der Waals surface area (Å²) < 4.78 is 2.22. The zero-order valence-corrected chi connectivity index (χ0v) is 10.0. The summed E-state index contributed by atoms with van der Waals surface area (Å²) in [6.07, 6.45) is 3.66. The van der Waals surface area contributed by atoms with Gasteiger partial charge in [0.15, 0.2) is 0 Å². The van der Waals surface area contributed by atoms with Gasteiger partial charge in [0.25, 0.3) is 0 Å². The van der Waals surface area contributed by atoms with Crippen molar-refractivity contribution < 1.29 is 0 Å². The zero-order valence-electron chi connectivity index (χ0n) is 10.0. The van der Waals surface area contributed by atoms with E-state index in [4.69, 9.17) is 0 Å². The van der Waals surface area contributed by atoms with Gasteiger partial charge in [-0.25, -0.2) is 0 Å². The molecule has 84 valence electrons. The van der Waals surface area contributed by atoms with Gasteiger partial charge < -0.3 is 4.57 Å². The molecule has 0 spiro atoms. The second kappa shape index (κ2) is 3.74. The normalized spacial score (nSPS) is 10.9. The highest BCUT2D eigenvalue weighted by molar-refractivity contribution is 5.86. The molecule has 2 aromatic heterocycles. The fourth-order valence-electron chi connectivity index (χ4n) is 2.19. The lowest BCUT2D eigenvalue weighted by Crippen LogP contribution is -1.89. The third-order valence-electron chi connectivity index (χ3n) is 3.30. The van der Waals surface area contributed by atoms with Gasteiger partial charge in [-0.3, -0.25) is 4.98 Å². The van der Waals surface area contributed by atoms with Crippen molar-refractivity contribution in [2.45, 2.75) is 6.92 Å². The molecule has 0 saturated heterocycles. The molecule has 2 heteroatoms. The fourth-order valence-corrected chi connectivity index (χ4v) is 2.19. The third kappa shape index (κ3) is 1.62. The largest absolute Gasteiger partial charge is 0.348 e. The highest BCUT2D eigenvalue weighted by Crippen LogP contribution is 2.25. The number of fused-ring (bicyclic) bond motifs is 1. The van der Waals surface area contributed by atoms with Crippen molar-refractivity contribution in [2.75, 3.05) is 0 Å². The van der Waals surface area contributed by atoms with Crippen LogP contribution >= 0.6 is 0 Å². The lowest BCUT2D eigenvalue weighted by Gasteiger charge is -2.03. The molecule has 0 saturated carbocycles. The molecule has 0 bridgehead atoms. The molecule has 0 radical (unpaired) electrons. The summed E-state index contributed by atoms with van der Waals surface area (Å²) in [5.41, 5.74) is 5.01. The van der Waals surface area contributed by atoms with E-state index >= 15 is 0 Å². The standard InChI is InChI=1S/C15H14N2/c1-11-9-14-4-3-13(10-15(14)17(11)2)12-5-7-16-8-6-12/h3-10H,1-2H3. The van der Waals surface area contributed by atoms with E-state index in [1.165, 1.54) is 27.7 Å². The van der Waals surface area contributed by atoms with Crippen molar-refractivity contribution in [1.82, 2.24) is 9.55 Å². The lowest BCUT2D eigenvalue weighted by molar-refractivity contribution is 0.918. The third-order valence-corrected chi connectivity index (χ3v) is 3.30. The minimum atomic E-state index is 1.21. The van der Waals surface area contributed by atoms with Crippen LogP contribution in [-0.4, -0.2) is 9.55 Å². The topological polar surface area (TPSA) is 17.8 Å². The van der Waals surface area contributed by atoms with Crippen molar-refractivity contribution in [2.24, 2.45) is 7.05 Å². The van der Waals surface area contributed by atoms with E-state index in [0.29, 0.717) is 0 Å². The number of aromatic nitrogens is 2. The SMILES string of the molecule is Cc1cc2ccc(-c3ccncc3)cc2n1C. The van der Waals surface area contributed by atoms with Gasteiger partial charge in [-0.05, 0) is 47.7 Å². The molecule has 0 aliphatic rings. The van der Waals surface area contributed by atoms with E-state index < -0.39 is 0 Å². The summed E-state index contributed by atoms with van der Waals surface area (Å²) >= 11 is 0. The molecule has 17 heavy (non-hydrogen) atoms. The number of pyridine rings is 1. The van der Waals surface area contributed by atoms with Crippen LogP contribution in [0.15, 0.2) is 48.8 Å². The second-order valence-corrected chi connectivity index (χ2v) is 4.35. The Bertz CT molecular complexity index is 666. The molecule has 1 aromatic carbocycles. The predicted molar refractivity (Wildman–Crippen MR) is 70.9 cm³/mol. The molecule has 0 fully saturated rings. The summed E-state index contributed by atoms with van der Waals surface area (Å²) in [7, 11) is 2.11. The minimum Gasteiger partial charge on any atom is -0.348 e. The zero-order chi connectivity index (χ0) is 11.8. The molecule has 3 aromatic rings. The molecule has 0 aliphatic heterocycles. The van der Waals surface area contributed by atoms with E-state index in [1.807, 2.05) is 24.5 Å². The Kier molecular flexibility index (Phi) is 2.22. The van der Waals surface area contributed by atoms with Crippen LogP contribution in [0.5, 0.6) is 0 Å². The van der Waals surface area contributed by atoms with Gasteiger partial charge in [0.05, 0.1) is 0 Å². The number of hydrogen-bond acceptors (Lipinski definition) is 1. The second-order valence-electron chi connectivity index (χ2n) is 4.35. The van der Waals surface area contributed by atoms with Crippen LogP contribution in [0.1, 0.15) is 5.69 Å². The van der Waals surface area contributed by atoms with Crippen LogP contribution in [0.2, 0.25) is 0 Å². The molecule has 0 N–H and O–H groups in total. The Morgan fingerprint density at radius 2 is 1.71 bits per heavy atom. The number of benzene rings is 1. The average molecular weight is 222 g/mol. The Morgan fingerprint density at radius 1 is 0.941 bits per heavy atom. The first-order valence-electron chi connectivity index (χ1n) is 5.72. The summed E-state index contributed by atoms with van der Waals surface area (Å²) in [5, 5.41) is 1.29. The van der Waals surface area contributed by atoms with Gasteiger partial charge in [0.1, 0.15) is 0 Å². The van der Waals surface area contributed by atoms with Crippen LogP contribution in [0.25, 0.3) is 22.0 Å². The Hall–Kier alpha value is -2.09. The van der Waals surface area contributed by atoms with Crippen molar-refractivity contribution in [3.63, 3.8) is 0 Å². The van der Waals surface area contributed by atoms with Crippen LogP contribution < -0.4 is 0 Å². The van der Waals surface area contributed by atoms with Crippen molar-refractivity contribution in [3.8, 4) is 11.1 Å². The summed E-state index contributed by atoms with van der Waals surface area (Å²) in [6.45, 7) is 2.13. The first-order chi connectivity index (χ1) is 8.25. The Morgan fingerprint density at radius 3 is 2.47 bits per heavy atom. The van der Waals surface area contributed by atoms with E-state index in [-0.39, 0.29) is 0 Å². The number of rotatable bonds is 1. The summed E-state index contributed by atoms with van der Waals surface area (Å²) in [6, 6.07) is 12.9. The molecular weight excluding hydrogens is 208 g/mol. The Balaban J connectivity index is 2.23. The van der Waals surface area contributed by atoms with E-state index in [1.54, 1.807) is 0 Å². The van der Waals surface area contributed by atoms with Crippen molar-refractivity contribution >= 4 is 10.9 Å². The van der Waals surface area contributed by atoms with Gasteiger partial charge >= 0.3 is 0 Å². The van der Waals surface area contributed by atoms with E-state index in [9.17, 15) is 0 Å². The molecular formula is C15H14N2. The molecule has 0 atom stereocenters. The van der Waals surface area contributed by atoms with Gasteiger partial charge in [0.2, 0.25) is 0 Å². The number of aryl methyl sites for hydroxylation is 2. The number of hydrogen-bond donors (Lipinski definition) is 0. The molecule has 3 rings (SSSR count). The van der Waals surface area contributed by atoms with Crippen LogP contribution in [0.4, 0.5) is 0 Å². The van der Waals surface area contributed by atoms with Crippen molar-refractivity contribution in [1.29, 1.82) is 0 Å². The van der Waals surface area contributed by atoms with Crippen LogP contribution in [0, 0.1) is 6.92 Å². The highest BCUT2D eigenvalue weighted by Gasteiger charge is 2.04. The quantitative estimate of drug-likeness (QED) is 0.615. The lowest BCUT2D eigenvalue weighted by atomic mass is 10.1. The monoisotopic (exact) mass is 222 g/mol. The molecule has 2 nitrogen and oxygen atoms in total. The van der Waals surface area contributed by atoms with Gasteiger partial charge in [-0.15, -0.1) is 0 Å². The van der Waals surface area contributed by atoms with Crippen molar-refractivity contribution in [3.05, 3.63) is 54.5 Å². The summed E-state index contributed by atoms with van der Waals surface area (Å²) in [5.74, 6) is 0. The fraction of sp³-hybridized carbons (Fsp3) is 0.133. The molecule has 0 amide bonds. The average Bonchev–Trinajstić information content (AvgIpc) is 2.66.